The van der Waals surface area contributed by atoms with Crippen LogP contribution in [0, 0.1) is 0 Å². The molecule has 37 heavy (non-hydrogen) atoms. The first-order chi connectivity index (χ1) is 17.8. The maximum atomic E-state index is 13.3. The van der Waals surface area contributed by atoms with Crippen molar-refractivity contribution in [2.24, 2.45) is 0 Å². The molecule has 0 unspecified atom stereocenters. The molecule has 10 heteroatoms. The standard InChI is InChI=1S/C27H39N5O4S/c1-29(2)37(34,35)27-24(32-18-16-30(3)17-19-32)10-6-11-25(27)36-21-26(33)28-13-7-14-31-15-12-22-8-4-5-9-23(22)20-31/h4-6,8-11H,7,12-21H2,1-3H3,(H,28,33). The van der Waals surface area contributed by atoms with Gasteiger partial charge in [-0.15, -0.1) is 0 Å². The number of piperazine rings is 1. The molecule has 1 saturated heterocycles. The molecule has 0 saturated carbocycles. The predicted octanol–water partition coefficient (Wildman–Crippen LogP) is 1.63. The van der Waals surface area contributed by atoms with Gasteiger partial charge in [0.15, 0.2) is 6.61 Å². The number of rotatable bonds is 10. The monoisotopic (exact) mass is 529 g/mol. The Kier molecular flexibility index (Phi) is 9.07. The zero-order valence-electron chi connectivity index (χ0n) is 22.1. The second-order valence-electron chi connectivity index (χ2n) is 9.97. The second-order valence-corrected chi connectivity index (χ2v) is 12.1. The predicted molar refractivity (Wildman–Crippen MR) is 146 cm³/mol. The van der Waals surface area contributed by atoms with Crippen LogP contribution in [0.2, 0.25) is 0 Å². The van der Waals surface area contributed by atoms with Crippen LogP contribution in [0.25, 0.3) is 0 Å². The van der Waals surface area contributed by atoms with E-state index in [-0.39, 0.29) is 23.2 Å². The van der Waals surface area contributed by atoms with Crippen molar-refractivity contribution in [1.29, 1.82) is 0 Å². The lowest BCUT2D eigenvalue weighted by Gasteiger charge is -2.35. The molecule has 0 spiro atoms. The Balaban J connectivity index is 1.32. The van der Waals surface area contributed by atoms with E-state index in [1.165, 1.54) is 29.5 Å². The number of fused-ring (bicyclic) bond motifs is 1. The van der Waals surface area contributed by atoms with Gasteiger partial charge in [0.05, 0.1) is 5.69 Å². The first kappa shape index (κ1) is 27.4. The largest absolute Gasteiger partial charge is 0.482 e. The highest BCUT2D eigenvalue weighted by Crippen LogP contribution is 2.36. The molecule has 2 heterocycles. The van der Waals surface area contributed by atoms with Crippen LogP contribution in [0.4, 0.5) is 5.69 Å². The summed E-state index contributed by atoms with van der Waals surface area (Å²) in [6, 6.07) is 13.8. The fourth-order valence-electron chi connectivity index (χ4n) is 4.83. The Hall–Kier alpha value is -2.66. The van der Waals surface area contributed by atoms with Crippen molar-refractivity contribution in [2.75, 3.05) is 78.5 Å². The molecule has 0 bridgehead atoms. The fourth-order valence-corrected chi connectivity index (χ4v) is 6.03. The molecule has 1 N–H and O–H groups in total. The minimum absolute atomic E-state index is 0.114. The zero-order valence-corrected chi connectivity index (χ0v) is 23.0. The maximum absolute atomic E-state index is 13.3. The fraction of sp³-hybridized carbons (Fsp3) is 0.519. The molecule has 0 radical (unpaired) electrons. The van der Waals surface area contributed by atoms with Crippen LogP contribution in [0.5, 0.6) is 5.75 Å². The van der Waals surface area contributed by atoms with Gasteiger partial charge in [-0.1, -0.05) is 30.3 Å². The summed E-state index contributed by atoms with van der Waals surface area (Å²) >= 11 is 0. The highest BCUT2D eigenvalue weighted by Gasteiger charge is 2.30. The molecule has 0 atom stereocenters. The van der Waals surface area contributed by atoms with Gasteiger partial charge in [0, 0.05) is 66.5 Å². The smallest absolute Gasteiger partial charge is 0.257 e. The number of carbonyl (C=O) groups is 1. The van der Waals surface area contributed by atoms with Crippen LogP contribution in [0.1, 0.15) is 17.5 Å². The molecule has 0 aliphatic carbocycles. The SMILES string of the molecule is CN1CCN(c2cccc(OCC(=O)NCCCN3CCc4ccccc4C3)c2S(=O)(=O)N(C)C)CC1. The lowest BCUT2D eigenvalue weighted by atomic mass is 10.00. The second kappa shape index (κ2) is 12.3. The Morgan fingerprint density at radius 2 is 1.73 bits per heavy atom. The van der Waals surface area contributed by atoms with Crippen LogP contribution in [-0.2, 0) is 27.8 Å². The van der Waals surface area contributed by atoms with Crippen molar-refractivity contribution in [1.82, 2.24) is 19.4 Å². The highest BCUT2D eigenvalue weighted by molar-refractivity contribution is 7.89. The first-order valence-corrected chi connectivity index (χ1v) is 14.4. The Morgan fingerprint density at radius 3 is 2.46 bits per heavy atom. The van der Waals surface area contributed by atoms with E-state index in [0.717, 1.165) is 58.7 Å². The van der Waals surface area contributed by atoms with Crippen LogP contribution in [0.3, 0.4) is 0 Å². The van der Waals surface area contributed by atoms with Gasteiger partial charge in [-0.25, -0.2) is 12.7 Å². The van der Waals surface area contributed by atoms with Gasteiger partial charge in [0.25, 0.3) is 5.91 Å². The third-order valence-corrected chi connectivity index (χ3v) is 8.97. The van der Waals surface area contributed by atoms with Gasteiger partial charge in [-0.2, -0.15) is 0 Å². The number of likely N-dealkylation sites (N-methyl/N-ethyl adjacent to an activating group) is 1. The van der Waals surface area contributed by atoms with E-state index in [1.807, 2.05) is 6.07 Å². The number of nitrogens with one attached hydrogen (secondary N) is 1. The van der Waals surface area contributed by atoms with E-state index >= 15 is 0 Å². The van der Waals surface area contributed by atoms with Crippen LogP contribution in [-0.4, -0.2) is 102 Å². The molecule has 0 aromatic heterocycles. The van der Waals surface area contributed by atoms with Crippen molar-refractivity contribution in [3.8, 4) is 5.75 Å². The summed E-state index contributed by atoms with van der Waals surface area (Å²) in [7, 11) is 1.28. The third kappa shape index (κ3) is 6.81. The van der Waals surface area contributed by atoms with Crippen LogP contribution < -0.4 is 15.0 Å². The van der Waals surface area contributed by atoms with E-state index < -0.39 is 10.0 Å². The summed E-state index contributed by atoms with van der Waals surface area (Å²) < 4.78 is 33.5. The normalized spacial score (nSPS) is 17.0. The topological polar surface area (TPSA) is 85.4 Å². The van der Waals surface area contributed by atoms with E-state index in [1.54, 1.807) is 12.1 Å². The quantitative estimate of drug-likeness (QED) is 0.469. The maximum Gasteiger partial charge on any atom is 0.257 e. The minimum atomic E-state index is -3.79. The first-order valence-electron chi connectivity index (χ1n) is 12.9. The highest BCUT2D eigenvalue weighted by atomic mass is 32.2. The number of ether oxygens (including phenoxy) is 1. The molecule has 2 aliphatic rings. The number of carbonyl (C=O) groups excluding carboxylic acids is 1. The summed E-state index contributed by atoms with van der Waals surface area (Å²) in [5.74, 6) is -0.0607. The van der Waals surface area contributed by atoms with Crippen molar-refractivity contribution in [3.63, 3.8) is 0 Å². The number of amides is 1. The number of sulfonamides is 1. The van der Waals surface area contributed by atoms with E-state index in [0.29, 0.717) is 12.2 Å². The van der Waals surface area contributed by atoms with Crippen molar-refractivity contribution in [2.45, 2.75) is 24.3 Å². The van der Waals surface area contributed by atoms with Crippen molar-refractivity contribution >= 4 is 21.6 Å². The number of hydrogen-bond acceptors (Lipinski definition) is 7. The number of hydrogen-bond donors (Lipinski definition) is 1. The van der Waals surface area contributed by atoms with E-state index in [4.69, 9.17) is 4.74 Å². The van der Waals surface area contributed by atoms with E-state index in [9.17, 15) is 13.2 Å². The zero-order chi connectivity index (χ0) is 26.4. The molecular weight excluding hydrogens is 490 g/mol. The lowest BCUT2D eigenvalue weighted by molar-refractivity contribution is -0.123. The molecule has 202 valence electrons. The molecule has 1 amide bonds. The van der Waals surface area contributed by atoms with Gasteiger partial charge in [-0.3, -0.25) is 9.69 Å². The molecule has 2 aromatic carbocycles. The van der Waals surface area contributed by atoms with Gasteiger partial charge >= 0.3 is 0 Å². The van der Waals surface area contributed by atoms with Gasteiger partial charge in [0.1, 0.15) is 10.6 Å². The van der Waals surface area contributed by atoms with Gasteiger partial charge < -0.3 is 19.9 Å². The lowest BCUT2D eigenvalue weighted by Crippen LogP contribution is -2.45. The molecule has 4 rings (SSSR count). The van der Waals surface area contributed by atoms with Crippen LogP contribution >= 0.6 is 0 Å². The number of benzene rings is 2. The molecule has 2 aliphatic heterocycles. The van der Waals surface area contributed by atoms with Gasteiger partial charge in [0.2, 0.25) is 10.0 Å². The Bertz CT molecular complexity index is 1180. The number of anilines is 1. The average molecular weight is 530 g/mol. The Morgan fingerprint density at radius 1 is 1.00 bits per heavy atom. The number of nitrogens with zero attached hydrogens (tertiary/aromatic N) is 4. The van der Waals surface area contributed by atoms with Crippen LogP contribution in [0.15, 0.2) is 47.4 Å². The summed E-state index contributed by atoms with van der Waals surface area (Å²) in [6.07, 6.45) is 1.90. The summed E-state index contributed by atoms with van der Waals surface area (Å²) in [6.45, 7) is 6.33. The molecule has 9 nitrogen and oxygen atoms in total. The minimum Gasteiger partial charge on any atom is -0.482 e. The summed E-state index contributed by atoms with van der Waals surface area (Å²) in [5.41, 5.74) is 3.42. The van der Waals surface area contributed by atoms with E-state index in [2.05, 4.69) is 51.3 Å². The van der Waals surface area contributed by atoms with Crippen molar-refractivity contribution in [3.05, 3.63) is 53.6 Å². The third-order valence-electron chi connectivity index (χ3n) is 7.08. The molecule has 1 fully saturated rings. The Labute approximate surface area is 221 Å². The average Bonchev–Trinajstić information content (AvgIpc) is 2.90. The molecule has 2 aromatic rings. The molecular formula is C27H39N5O4S. The summed E-state index contributed by atoms with van der Waals surface area (Å²) in [5, 5.41) is 2.91. The summed E-state index contributed by atoms with van der Waals surface area (Å²) in [4.78, 5) is 19.3. The van der Waals surface area contributed by atoms with Crippen molar-refractivity contribution < 1.29 is 17.9 Å². The van der Waals surface area contributed by atoms with Gasteiger partial charge in [-0.05, 0) is 43.1 Å².